The van der Waals surface area contributed by atoms with Gasteiger partial charge in [0, 0.05) is 43.7 Å². The highest BCUT2D eigenvalue weighted by Gasteiger charge is 2.22. The van der Waals surface area contributed by atoms with E-state index < -0.39 is 0 Å². The predicted molar refractivity (Wildman–Crippen MR) is 99.7 cm³/mol. The molecule has 0 saturated carbocycles. The smallest absolute Gasteiger partial charge is 0.224 e. The summed E-state index contributed by atoms with van der Waals surface area (Å²) in [6, 6.07) is 5.65. The predicted octanol–water partition coefficient (Wildman–Crippen LogP) is 2.81. The largest absolute Gasteiger partial charge is 0.495 e. The van der Waals surface area contributed by atoms with E-state index in [1.165, 1.54) is 0 Å². The molecule has 1 fully saturated rings. The molecule has 1 atom stereocenters. The van der Waals surface area contributed by atoms with Crippen LogP contribution in [0.5, 0.6) is 5.75 Å². The molecule has 0 radical (unpaired) electrons. The summed E-state index contributed by atoms with van der Waals surface area (Å²) in [5.74, 6) is 0.903. The molecule has 0 aliphatic carbocycles. The molecule has 0 aromatic heterocycles. The standard InChI is InChI=1S/C15H22ClN3O2.2ClH/c1-11-10-17-7-8-19(11)15(20)5-6-18-13-9-12(16)3-4-14(13)21-2;;/h3-4,9,11,17-18H,5-8,10H2,1-2H3;2*1H/t11-;;/m0../s1. The number of amides is 1. The van der Waals surface area contributed by atoms with Gasteiger partial charge in [0.1, 0.15) is 5.75 Å². The first kappa shape index (κ1) is 22.1. The maximum atomic E-state index is 12.2. The summed E-state index contributed by atoms with van der Waals surface area (Å²) in [6.07, 6.45) is 0.458. The van der Waals surface area contributed by atoms with Crippen LogP contribution in [0.2, 0.25) is 5.02 Å². The average Bonchev–Trinajstić information content (AvgIpc) is 2.48. The number of hydrogen-bond donors (Lipinski definition) is 2. The fourth-order valence-electron chi connectivity index (χ4n) is 2.48. The molecule has 132 valence electrons. The Bertz CT molecular complexity index is 503. The van der Waals surface area contributed by atoms with Crippen molar-refractivity contribution < 1.29 is 9.53 Å². The van der Waals surface area contributed by atoms with Crippen molar-refractivity contribution in [3.8, 4) is 5.75 Å². The second kappa shape index (κ2) is 10.8. The van der Waals surface area contributed by atoms with Crippen LogP contribution in [0.25, 0.3) is 0 Å². The fourth-order valence-corrected chi connectivity index (χ4v) is 2.65. The number of methoxy groups -OCH3 is 1. The van der Waals surface area contributed by atoms with Gasteiger partial charge < -0.3 is 20.3 Å². The van der Waals surface area contributed by atoms with Crippen molar-refractivity contribution in [1.29, 1.82) is 0 Å². The minimum absolute atomic E-state index is 0. The number of nitrogens with one attached hydrogen (secondary N) is 2. The Kier molecular flexibility index (Phi) is 10.4. The normalized spacial score (nSPS) is 16.8. The molecule has 1 heterocycles. The van der Waals surface area contributed by atoms with E-state index in [4.69, 9.17) is 16.3 Å². The Morgan fingerprint density at radius 3 is 2.87 bits per heavy atom. The molecule has 2 rings (SSSR count). The van der Waals surface area contributed by atoms with Gasteiger partial charge >= 0.3 is 0 Å². The third-order valence-electron chi connectivity index (χ3n) is 3.64. The summed E-state index contributed by atoms with van der Waals surface area (Å²) < 4.78 is 5.27. The van der Waals surface area contributed by atoms with Gasteiger partial charge in [0.2, 0.25) is 5.91 Å². The molecule has 1 amide bonds. The molecule has 0 spiro atoms. The van der Waals surface area contributed by atoms with Crippen molar-refractivity contribution in [1.82, 2.24) is 10.2 Å². The van der Waals surface area contributed by atoms with Crippen LogP contribution in [0.4, 0.5) is 5.69 Å². The topological polar surface area (TPSA) is 53.6 Å². The first-order chi connectivity index (χ1) is 10.1. The SMILES string of the molecule is COc1ccc(Cl)cc1NCCC(=O)N1CCNC[C@@H]1C.Cl.Cl. The van der Waals surface area contributed by atoms with E-state index in [0.717, 1.165) is 31.1 Å². The highest BCUT2D eigenvalue weighted by molar-refractivity contribution is 6.30. The molecule has 1 aliphatic heterocycles. The van der Waals surface area contributed by atoms with E-state index in [-0.39, 0.29) is 36.8 Å². The van der Waals surface area contributed by atoms with E-state index in [1.807, 2.05) is 11.0 Å². The summed E-state index contributed by atoms with van der Waals surface area (Å²) in [5.41, 5.74) is 0.811. The second-order valence-corrected chi connectivity index (χ2v) is 5.60. The summed E-state index contributed by atoms with van der Waals surface area (Å²) in [5, 5.41) is 7.14. The van der Waals surface area contributed by atoms with Crippen LogP contribution in [-0.2, 0) is 4.79 Å². The van der Waals surface area contributed by atoms with Crippen LogP contribution in [0.3, 0.4) is 0 Å². The van der Waals surface area contributed by atoms with Crippen LogP contribution >= 0.6 is 36.4 Å². The summed E-state index contributed by atoms with van der Waals surface area (Å²) >= 11 is 5.98. The lowest BCUT2D eigenvalue weighted by molar-refractivity contribution is -0.133. The molecule has 1 saturated heterocycles. The van der Waals surface area contributed by atoms with Gasteiger partial charge in [-0.25, -0.2) is 0 Å². The third-order valence-corrected chi connectivity index (χ3v) is 3.87. The van der Waals surface area contributed by atoms with Gasteiger partial charge in [-0.3, -0.25) is 4.79 Å². The van der Waals surface area contributed by atoms with Crippen molar-refractivity contribution in [3.63, 3.8) is 0 Å². The Morgan fingerprint density at radius 2 is 2.22 bits per heavy atom. The number of rotatable bonds is 5. The van der Waals surface area contributed by atoms with Gasteiger partial charge in [-0.2, -0.15) is 0 Å². The van der Waals surface area contributed by atoms with Crippen molar-refractivity contribution >= 4 is 48.0 Å². The van der Waals surface area contributed by atoms with Crippen molar-refractivity contribution in [2.75, 3.05) is 38.6 Å². The minimum atomic E-state index is 0. The lowest BCUT2D eigenvalue weighted by Crippen LogP contribution is -2.52. The van der Waals surface area contributed by atoms with Crippen molar-refractivity contribution in [2.45, 2.75) is 19.4 Å². The van der Waals surface area contributed by atoms with E-state index in [1.54, 1.807) is 19.2 Å². The number of carbonyl (C=O) groups is 1. The van der Waals surface area contributed by atoms with Gasteiger partial charge in [-0.1, -0.05) is 11.6 Å². The average molecular weight is 385 g/mol. The number of nitrogens with zero attached hydrogens (tertiary/aromatic N) is 1. The molecule has 1 aromatic carbocycles. The quantitative estimate of drug-likeness (QED) is 0.819. The Morgan fingerprint density at radius 1 is 1.48 bits per heavy atom. The zero-order valence-corrected chi connectivity index (χ0v) is 15.7. The molecular formula is C15H24Cl3N3O2. The first-order valence-electron chi connectivity index (χ1n) is 7.19. The summed E-state index contributed by atoms with van der Waals surface area (Å²) in [6.45, 7) is 5.14. The number of benzene rings is 1. The zero-order valence-electron chi connectivity index (χ0n) is 13.3. The Balaban J connectivity index is 0.00000242. The molecule has 1 aromatic rings. The number of ether oxygens (including phenoxy) is 1. The van der Waals surface area contributed by atoms with Gasteiger partial charge in [-0.15, -0.1) is 24.8 Å². The lowest BCUT2D eigenvalue weighted by Gasteiger charge is -2.34. The van der Waals surface area contributed by atoms with Gasteiger partial charge in [0.05, 0.1) is 12.8 Å². The maximum Gasteiger partial charge on any atom is 0.224 e. The monoisotopic (exact) mass is 383 g/mol. The molecule has 0 unspecified atom stereocenters. The minimum Gasteiger partial charge on any atom is -0.495 e. The number of anilines is 1. The second-order valence-electron chi connectivity index (χ2n) is 5.16. The van der Waals surface area contributed by atoms with Crippen molar-refractivity contribution in [3.05, 3.63) is 23.2 Å². The molecule has 8 heteroatoms. The van der Waals surface area contributed by atoms with E-state index in [2.05, 4.69) is 17.6 Å². The lowest BCUT2D eigenvalue weighted by atomic mass is 10.2. The molecule has 23 heavy (non-hydrogen) atoms. The number of piperazine rings is 1. The van der Waals surface area contributed by atoms with Crippen LogP contribution in [0.15, 0.2) is 18.2 Å². The Hall–Kier alpha value is -0.880. The number of hydrogen-bond acceptors (Lipinski definition) is 4. The van der Waals surface area contributed by atoms with E-state index >= 15 is 0 Å². The van der Waals surface area contributed by atoms with Gasteiger partial charge in [0.15, 0.2) is 0 Å². The molecular weight excluding hydrogens is 361 g/mol. The molecule has 5 nitrogen and oxygen atoms in total. The molecule has 0 bridgehead atoms. The summed E-state index contributed by atoms with van der Waals surface area (Å²) in [7, 11) is 1.61. The Labute approximate surface area is 154 Å². The molecule has 2 N–H and O–H groups in total. The van der Waals surface area contributed by atoms with E-state index in [0.29, 0.717) is 18.0 Å². The number of halogens is 3. The molecule has 1 aliphatic rings. The van der Waals surface area contributed by atoms with Crippen molar-refractivity contribution in [2.24, 2.45) is 0 Å². The van der Waals surface area contributed by atoms with Crippen LogP contribution in [0.1, 0.15) is 13.3 Å². The summed E-state index contributed by atoms with van der Waals surface area (Å²) in [4.78, 5) is 14.2. The van der Waals surface area contributed by atoms with Gasteiger partial charge in [0.25, 0.3) is 0 Å². The van der Waals surface area contributed by atoms with Crippen LogP contribution in [-0.4, -0.2) is 50.1 Å². The number of carbonyl (C=O) groups excluding carboxylic acids is 1. The third kappa shape index (κ3) is 6.26. The highest BCUT2D eigenvalue weighted by Crippen LogP contribution is 2.27. The fraction of sp³-hybridized carbons (Fsp3) is 0.533. The van der Waals surface area contributed by atoms with Gasteiger partial charge in [-0.05, 0) is 25.1 Å². The first-order valence-corrected chi connectivity index (χ1v) is 7.57. The van der Waals surface area contributed by atoms with Crippen LogP contribution in [0, 0.1) is 0 Å². The zero-order chi connectivity index (χ0) is 15.2. The highest BCUT2D eigenvalue weighted by atomic mass is 35.5. The van der Waals surface area contributed by atoms with E-state index in [9.17, 15) is 4.79 Å². The maximum absolute atomic E-state index is 12.2. The van der Waals surface area contributed by atoms with Crippen LogP contribution < -0.4 is 15.4 Å².